The van der Waals surface area contributed by atoms with E-state index in [1.54, 1.807) is 0 Å². The van der Waals surface area contributed by atoms with Crippen LogP contribution >= 0.6 is 0 Å². The van der Waals surface area contributed by atoms with Crippen molar-refractivity contribution in [3.05, 3.63) is 35.9 Å². The van der Waals surface area contributed by atoms with E-state index >= 15 is 0 Å². The van der Waals surface area contributed by atoms with Gasteiger partial charge in [0.2, 0.25) is 0 Å². The van der Waals surface area contributed by atoms with E-state index in [-0.39, 0.29) is 6.04 Å². The summed E-state index contributed by atoms with van der Waals surface area (Å²) in [4.78, 5) is 0. The third-order valence-corrected chi connectivity index (χ3v) is 2.56. The average Bonchev–Trinajstić information content (AvgIpc) is 2.31. The molecule has 0 heterocycles. The Bertz CT molecular complexity index is 261. The molecule has 0 aliphatic heterocycles. The topological polar surface area (TPSA) is 35.2 Å². The highest BCUT2D eigenvalue weighted by atomic mass is 16.5. The second-order valence-corrected chi connectivity index (χ2v) is 4.21. The monoisotopic (exact) mass is 221 g/mol. The summed E-state index contributed by atoms with van der Waals surface area (Å²) in [6.45, 7) is 3.63. The molecule has 90 valence electrons. The van der Waals surface area contributed by atoms with E-state index in [1.807, 2.05) is 6.07 Å². The molecule has 1 rings (SSSR count). The van der Waals surface area contributed by atoms with Crippen molar-refractivity contribution in [3.8, 4) is 0 Å². The number of rotatable bonds is 8. The van der Waals surface area contributed by atoms with Gasteiger partial charge in [0.15, 0.2) is 0 Å². The molecule has 2 N–H and O–H groups in total. The molecule has 1 unspecified atom stereocenters. The predicted molar refractivity (Wildman–Crippen MR) is 68.5 cm³/mol. The summed E-state index contributed by atoms with van der Waals surface area (Å²) in [6.07, 6.45) is 4.36. The minimum Gasteiger partial charge on any atom is -0.380 e. The van der Waals surface area contributed by atoms with Crippen molar-refractivity contribution < 1.29 is 4.74 Å². The van der Waals surface area contributed by atoms with Gasteiger partial charge in [-0.05, 0) is 31.2 Å². The van der Waals surface area contributed by atoms with Gasteiger partial charge in [-0.2, -0.15) is 0 Å². The Morgan fingerprint density at radius 3 is 2.69 bits per heavy atom. The van der Waals surface area contributed by atoms with Crippen molar-refractivity contribution in [2.24, 2.45) is 5.73 Å². The van der Waals surface area contributed by atoms with Crippen LogP contribution in [0.4, 0.5) is 0 Å². The van der Waals surface area contributed by atoms with E-state index in [4.69, 9.17) is 10.5 Å². The molecule has 0 fully saturated rings. The lowest BCUT2D eigenvalue weighted by atomic mass is 10.1. The molecule has 0 amide bonds. The van der Waals surface area contributed by atoms with E-state index in [9.17, 15) is 0 Å². The van der Waals surface area contributed by atoms with Crippen molar-refractivity contribution >= 4 is 0 Å². The van der Waals surface area contributed by atoms with Gasteiger partial charge >= 0.3 is 0 Å². The average molecular weight is 221 g/mol. The Labute approximate surface area is 98.8 Å². The summed E-state index contributed by atoms with van der Waals surface area (Å²) in [6, 6.07) is 10.7. The first-order valence-corrected chi connectivity index (χ1v) is 6.20. The molecular weight excluding hydrogens is 198 g/mol. The molecule has 0 aromatic heterocycles. The van der Waals surface area contributed by atoms with E-state index in [2.05, 4.69) is 31.2 Å². The molecule has 16 heavy (non-hydrogen) atoms. The van der Waals surface area contributed by atoms with Crippen LogP contribution in [0.15, 0.2) is 30.3 Å². The molecule has 2 nitrogen and oxygen atoms in total. The van der Waals surface area contributed by atoms with Crippen LogP contribution in [-0.2, 0) is 11.2 Å². The summed E-state index contributed by atoms with van der Waals surface area (Å²) in [5.41, 5.74) is 7.35. The Hall–Kier alpha value is -0.860. The summed E-state index contributed by atoms with van der Waals surface area (Å²) in [5.74, 6) is 0. The maximum atomic E-state index is 5.95. The number of ether oxygens (including phenoxy) is 1. The summed E-state index contributed by atoms with van der Waals surface area (Å²) < 4.78 is 5.42. The molecule has 1 atom stereocenters. The minimum atomic E-state index is 0.190. The van der Waals surface area contributed by atoms with Crippen LogP contribution in [0.25, 0.3) is 0 Å². The van der Waals surface area contributed by atoms with Crippen molar-refractivity contribution in [3.63, 3.8) is 0 Å². The Morgan fingerprint density at radius 1 is 1.25 bits per heavy atom. The molecule has 0 saturated heterocycles. The lowest BCUT2D eigenvalue weighted by Crippen LogP contribution is -2.26. The standard InChI is InChI=1S/C14H23NO/c1-2-11-16-12-14(15)10-6-9-13-7-4-3-5-8-13/h3-5,7-8,14H,2,6,9-12,15H2,1H3. The number of nitrogens with two attached hydrogens (primary N) is 1. The highest BCUT2D eigenvalue weighted by molar-refractivity contribution is 5.14. The fourth-order valence-corrected chi connectivity index (χ4v) is 1.68. The SMILES string of the molecule is CCCOCC(N)CCCc1ccccc1. The fourth-order valence-electron chi connectivity index (χ4n) is 1.68. The van der Waals surface area contributed by atoms with E-state index in [0.29, 0.717) is 6.61 Å². The van der Waals surface area contributed by atoms with Crippen molar-refractivity contribution in [1.82, 2.24) is 0 Å². The van der Waals surface area contributed by atoms with Crippen LogP contribution < -0.4 is 5.73 Å². The molecule has 1 aromatic carbocycles. The highest BCUT2D eigenvalue weighted by Crippen LogP contribution is 2.05. The van der Waals surface area contributed by atoms with E-state index in [1.165, 1.54) is 5.56 Å². The zero-order chi connectivity index (χ0) is 11.6. The van der Waals surface area contributed by atoms with Gasteiger partial charge in [-0.15, -0.1) is 0 Å². The van der Waals surface area contributed by atoms with Gasteiger partial charge in [-0.1, -0.05) is 37.3 Å². The second-order valence-electron chi connectivity index (χ2n) is 4.21. The summed E-state index contributed by atoms with van der Waals surface area (Å²) >= 11 is 0. The van der Waals surface area contributed by atoms with Crippen LogP contribution in [-0.4, -0.2) is 19.3 Å². The Balaban J connectivity index is 2.06. The zero-order valence-electron chi connectivity index (χ0n) is 10.2. The third-order valence-electron chi connectivity index (χ3n) is 2.56. The van der Waals surface area contributed by atoms with E-state index in [0.717, 1.165) is 32.3 Å². The van der Waals surface area contributed by atoms with Crippen molar-refractivity contribution in [2.75, 3.05) is 13.2 Å². The molecule has 0 aliphatic carbocycles. The van der Waals surface area contributed by atoms with Gasteiger partial charge in [0, 0.05) is 12.6 Å². The lowest BCUT2D eigenvalue weighted by molar-refractivity contribution is 0.119. The Kier molecular flexibility index (Phi) is 6.86. The van der Waals surface area contributed by atoms with Crippen LogP contribution in [0.2, 0.25) is 0 Å². The molecular formula is C14H23NO. The number of hydrogen-bond donors (Lipinski definition) is 1. The molecule has 0 spiro atoms. The molecule has 1 aromatic rings. The first-order chi connectivity index (χ1) is 7.83. The maximum Gasteiger partial charge on any atom is 0.0617 e. The Morgan fingerprint density at radius 2 is 2.00 bits per heavy atom. The quantitative estimate of drug-likeness (QED) is 0.685. The third kappa shape index (κ3) is 5.89. The molecule has 0 radical (unpaired) electrons. The summed E-state index contributed by atoms with van der Waals surface area (Å²) in [5, 5.41) is 0. The maximum absolute atomic E-state index is 5.95. The van der Waals surface area contributed by atoms with Crippen LogP contribution in [0.1, 0.15) is 31.7 Å². The van der Waals surface area contributed by atoms with Crippen LogP contribution in [0, 0.1) is 0 Å². The molecule has 0 aliphatic rings. The van der Waals surface area contributed by atoms with Crippen LogP contribution in [0.3, 0.4) is 0 Å². The molecule has 2 heteroatoms. The number of hydrogen-bond acceptors (Lipinski definition) is 2. The first-order valence-electron chi connectivity index (χ1n) is 6.20. The van der Waals surface area contributed by atoms with Gasteiger partial charge in [-0.3, -0.25) is 0 Å². The lowest BCUT2D eigenvalue weighted by Gasteiger charge is -2.11. The summed E-state index contributed by atoms with van der Waals surface area (Å²) in [7, 11) is 0. The number of benzene rings is 1. The van der Waals surface area contributed by atoms with Crippen molar-refractivity contribution in [1.29, 1.82) is 0 Å². The number of aryl methyl sites for hydroxylation is 1. The zero-order valence-corrected chi connectivity index (χ0v) is 10.2. The van der Waals surface area contributed by atoms with Gasteiger partial charge in [0.25, 0.3) is 0 Å². The van der Waals surface area contributed by atoms with Gasteiger partial charge in [0.05, 0.1) is 6.61 Å². The second kappa shape index (κ2) is 8.31. The molecule has 0 bridgehead atoms. The van der Waals surface area contributed by atoms with E-state index < -0.39 is 0 Å². The van der Waals surface area contributed by atoms with Gasteiger partial charge < -0.3 is 10.5 Å². The largest absolute Gasteiger partial charge is 0.380 e. The minimum absolute atomic E-state index is 0.190. The fraction of sp³-hybridized carbons (Fsp3) is 0.571. The van der Waals surface area contributed by atoms with Gasteiger partial charge in [-0.25, -0.2) is 0 Å². The normalized spacial score (nSPS) is 12.6. The smallest absolute Gasteiger partial charge is 0.0617 e. The predicted octanol–water partition coefficient (Wildman–Crippen LogP) is 2.76. The highest BCUT2D eigenvalue weighted by Gasteiger charge is 2.02. The first kappa shape index (κ1) is 13.2. The van der Waals surface area contributed by atoms with Crippen molar-refractivity contribution in [2.45, 2.75) is 38.6 Å². The van der Waals surface area contributed by atoms with Crippen LogP contribution in [0.5, 0.6) is 0 Å². The molecule has 0 saturated carbocycles. The van der Waals surface area contributed by atoms with Gasteiger partial charge in [0.1, 0.15) is 0 Å².